The third-order valence-electron chi connectivity index (χ3n) is 6.63. The quantitative estimate of drug-likeness (QED) is 0.523. The molecule has 0 aliphatic carbocycles. The van der Waals surface area contributed by atoms with Crippen molar-refractivity contribution in [3.63, 3.8) is 0 Å². The highest BCUT2D eigenvalue weighted by Gasteiger charge is 2.49. The molecule has 182 valence electrons. The highest BCUT2D eigenvalue weighted by molar-refractivity contribution is 6.02. The number of nitrogens with zero attached hydrogens (tertiary/aromatic N) is 4. The second kappa shape index (κ2) is 8.54. The van der Waals surface area contributed by atoms with Crippen LogP contribution in [-0.2, 0) is 6.18 Å². The zero-order valence-electron chi connectivity index (χ0n) is 18.5. The van der Waals surface area contributed by atoms with Crippen molar-refractivity contribution in [3.05, 3.63) is 71.2 Å². The first-order chi connectivity index (χ1) is 16.6. The smallest absolute Gasteiger partial charge is 0.363 e. The number of carbonyl (C=O) groups excluding carboxylic acids is 1. The molecule has 35 heavy (non-hydrogen) atoms. The van der Waals surface area contributed by atoms with Crippen molar-refractivity contribution in [2.45, 2.75) is 50.5 Å². The number of fused-ring (bicyclic) bond motifs is 2. The lowest BCUT2D eigenvalue weighted by molar-refractivity contribution is -0.138. The fourth-order valence-corrected chi connectivity index (χ4v) is 5.07. The maximum absolute atomic E-state index is 14.9. The van der Waals surface area contributed by atoms with E-state index in [4.69, 9.17) is 0 Å². The Hall–Kier alpha value is -3.63. The Bertz CT molecular complexity index is 1280. The summed E-state index contributed by atoms with van der Waals surface area (Å²) in [6.07, 6.45) is 0.580. The predicted molar refractivity (Wildman–Crippen MR) is 116 cm³/mol. The Morgan fingerprint density at radius 1 is 1.09 bits per heavy atom. The van der Waals surface area contributed by atoms with Gasteiger partial charge in [-0.3, -0.25) is 4.79 Å². The van der Waals surface area contributed by atoms with Gasteiger partial charge in [0.15, 0.2) is 17.5 Å². The van der Waals surface area contributed by atoms with Crippen LogP contribution in [-0.4, -0.2) is 43.9 Å². The second-order valence-corrected chi connectivity index (χ2v) is 8.74. The Labute approximate surface area is 197 Å². The summed E-state index contributed by atoms with van der Waals surface area (Å²) in [5, 5.41) is 2.88. The van der Waals surface area contributed by atoms with Gasteiger partial charge >= 0.3 is 6.18 Å². The van der Waals surface area contributed by atoms with Crippen LogP contribution in [0, 0.1) is 18.6 Å². The summed E-state index contributed by atoms with van der Waals surface area (Å²) in [7, 11) is 0. The lowest BCUT2D eigenvalue weighted by Gasteiger charge is -2.27. The summed E-state index contributed by atoms with van der Waals surface area (Å²) in [6.45, 7) is 1.70. The van der Waals surface area contributed by atoms with Gasteiger partial charge in [0.2, 0.25) is 0 Å². The number of anilines is 1. The van der Waals surface area contributed by atoms with Gasteiger partial charge in [0, 0.05) is 24.6 Å². The highest BCUT2D eigenvalue weighted by Crippen LogP contribution is 2.42. The van der Waals surface area contributed by atoms with Gasteiger partial charge in [0.25, 0.3) is 5.91 Å². The molecule has 2 aliphatic heterocycles. The third kappa shape index (κ3) is 4.08. The molecular weight excluding hydrogens is 469 g/mol. The molecule has 1 aromatic carbocycles. The van der Waals surface area contributed by atoms with Crippen molar-refractivity contribution in [1.29, 1.82) is 0 Å². The van der Waals surface area contributed by atoms with Gasteiger partial charge in [-0.1, -0.05) is 6.07 Å². The molecule has 2 saturated heterocycles. The predicted octanol–water partition coefficient (Wildman–Crippen LogP) is 5.00. The molecule has 0 saturated carbocycles. The molecule has 1 N–H and O–H groups in total. The maximum atomic E-state index is 14.9. The molecule has 4 heterocycles. The summed E-state index contributed by atoms with van der Waals surface area (Å²) in [5.41, 5.74) is -0.443. The molecule has 0 radical (unpaired) electrons. The van der Waals surface area contributed by atoms with Gasteiger partial charge in [-0.25, -0.2) is 23.7 Å². The molecule has 2 aromatic heterocycles. The number of aryl methyl sites for hydroxylation is 1. The lowest BCUT2D eigenvalue weighted by Crippen LogP contribution is -2.40. The number of benzene rings is 1. The van der Waals surface area contributed by atoms with E-state index in [1.165, 1.54) is 24.5 Å². The minimum Gasteiger partial charge on any atom is -0.363 e. The SMILES string of the molecule is Cc1ccc(F)c(-c2ncccn2)c1C(=O)N1C2CCC1C(Nc1ncc(C(F)(F)F)cc1F)C2. The van der Waals surface area contributed by atoms with Crippen LogP contribution in [0.25, 0.3) is 11.4 Å². The number of hydrogen-bond donors (Lipinski definition) is 1. The number of halogens is 5. The Morgan fingerprint density at radius 2 is 1.83 bits per heavy atom. The summed E-state index contributed by atoms with van der Waals surface area (Å²) < 4.78 is 67.8. The van der Waals surface area contributed by atoms with E-state index < -0.39 is 29.4 Å². The van der Waals surface area contributed by atoms with E-state index in [2.05, 4.69) is 20.3 Å². The van der Waals surface area contributed by atoms with Crippen molar-refractivity contribution in [3.8, 4) is 11.4 Å². The van der Waals surface area contributed by atoms with Crippen LogP contribution in [0.3, 0.4) is 0 Å². The first-order valence-electron chi connectivity index (χ1n) is 11.0. The van der Waals surface area contributed by atoms with Crippen molar-refractivity contribution >= 4 is 11.7 Å². The van der Waals surface area contributed by atoms with Gasteiger partial charge in [-0.2, -0.15) is 13.2 Å². The maximum Gasteiger partial charge on any atom is 0.417 e. The normalized spacial score (nSPS) is 21.4. The first kappa shape index (κ1) is 23.1. The van der Waals surface area contributed by atoms with Gasteiger partial charge in [0.1, 0.15) is 5.82 Å². The van der Waals surface area contributed by atoms with Crippen molar-refractivity contribution in [2.24, 2.45) is 0 Å². The number of nitrogens with one attached hydrogen (secondary N) is 1. The molecule has 3 atom stereocenters. The average Bonchev–Trinajstić information content (AvgIpc) is 3.39. The van der Waals surface area contributed by atoms with Gasteiger partial charge < -0.3 is 10.2 Å². The lowest BCUT2D eigenvalue weighted by atomic mass is 9.95. The van der Waals surface area contributed by atoms with E-state index >= 15 is 0 Å². The fourth-order valence-electron chi connectivity index (χ4n) is 5.07. The highest BCUT2D eigenvalue weighted by atomic mass is 19.4. The minimum atomic E-state index is -4.70. The number of rotatable bonds is 4. The van der Waals surface area contributed by atoms with Crippen LogP contribution >= 0.6 is 0 Å². The van der Waals surface area contributed by atoms with E-state index in [0.29, 0.717) is 37.1 Å². The Balaban J connectivity index is 1.44. The number of aromatic nitrogens is 3. The van der Waals surface area contributed by atoms with Crippen LogP contribution in [0.2, 0.25) is 0 Å². The van der Waals surface area contributed by atoms with E-state index in [9.17, 15) is 26.7 Å². The Kier molecular flexibility index (Phi) is 5.65. The average molecular weight is 489 g/mol. The summed E-state index contributed by atoms with van der Waals surface area (Å²) in [4.78, 5) is 27.3. The standard InChI is InChI=1S/C24H20F5N5O/c1-12-3-5-15(25)20(22-30-7-2-8-31-22)19(12)23(35)34-14-4-6-18(34)17(10-14)33-21-16(26)9-13(11-32-21)24(27,28)29/h2-3,5,7-9,11,14,17-18H,4,6,10H2,1H3,(H,32,33). The van der Waals surface area contributed by atoms with Crippen molar-refractivity contribution < 1.29 is 26.7 Å². The number of amides is 1. The van der Waals surface area contributed by atoms with Gasteiger partial charge in [0.05, 0.1) is 28.8 Å². The number of hydrogen-bond acceptors (Lipinski definition) is 5. The molecule has 2 bridgehead atoms. The molecule has 2 fully saturated rings. The van der Waals surface area contributed by atoms with Gasteiger partial charge in [-0.05, 0) is 49.9 Å². The van der Waals surface area contributed by atoms with Crippen LogP contribution in [0.4, 0.5) is 27.8 Å². The van der Waals surface area contributed by atoms with E-state index in [-0.39, 0.29) is 40.8 Å². The van der Waals surface area contributed by atoms with E-state index in [1.807, 2.05) is 0 Å². The molecule has 2 aliphatic rings. The Morgan fingerprint density at radius 3 is 2.51 bits per heavy atom. The number of alkyl halides is 3. The second-order valence-electron chi connectivity index (χ2n) is 8.74. The zero-order valence-corrected chi connectivity index (χ0v) is 18.5. The topological polar surface area (TPSA) is 71.0 Å². The third-order valence-corrected chi connectivity index (χ3v) is 6.63. The summed E-state index contributed by atoms with van der Waals surface area (Å²) in [6, 6.07) is 3.81. The molecule has 1 amide bonds. The van der Waals surface area contributed by atoms with Crippen molar-refractivity contribution in [2.75, 3.05) is 5.32 Å². The largest absolute Gasteiger partial charge is 0.417 e. The van der Waals surface area contributed by atoms with Crippen LogP contribution in [0.15, 0.2) is 42.9 Å². The minimum absolute atomic E-state index is 0.0156. The number of carbonyl (C=O) groups is 1. The fraction of sp³-hybridized carbons (Fsp3) is 0.333. The number of pyridine rings is 1. The van der Waals surface area contributed by atoms with Crippen molar-refractivity contribution in [1.82, 2.24) is 19.9 Å². The monoisotopic (exact) mass is 489 g/mol. The van der Waals surface area contributed by atoms with Crippen LogP contribution < -0.4 is 5.32 Å². The summed E-state index contributed by atoms with van der Waals surface area (Å²) in [5.74, 6) is -2.34. The van der Waals surface area contributed by atoms with Crippen LogP contribution in [0.5, 0.6) is 0 Å². The summed E-state index contributed by atoms with van der Waals surface area (Å²) >= 11 is 0. The van der Waals surface area contributed by atoms with E-state index in [0.717, 1.165) is 0 Å². The zero-order chi connectivity index (χ0) is 24.9. The van der Waals surface area contributed by atoms with Gasteiger partial charge in [-0.15, -0.1) is 0 Å². The first-order valence-corrected chi connectivity index (χ1v) is 11.0. The van der Waals surface area contributed by atoms with E-state index in [1.54, 1.807) is 17.9 Å². The molecule has 6 nitrogen and oxygen atoms in total. The molecule has 11 heteroatoms. The molecule has 0 spiro atoms. The molecule has 3 unspecified atom stereocenters. The molecule has 5 rings (SSSR count). The van der Waals surface area contributed by atoms with Crippen LogP contribution in [0.1, 0.15) is 40.7 Å². The molecule has 3 aromatic rings. The molecular formula is C24H20F5N5O.